The zero-order valence-corrected chi connectivity index (χ0v) is 16.1. The number of hydrogen-bond acceptors (Lipinski definition) is 6. The SMILES string of the molecule is Cn1c(N2CCN[C@H](c3cc4ccccc4o3)C2)nc(-c2ccncc2)cc1=O. The highest BCUT2D eigenvalue weighted by atomic mass is 16.3. The fraction of sp³-hybridized carbons (Fsp3) is 0.227. The molecule has 1 aliphatic heterocycles. The van der Waals surface area contributed by atoms with Crippen LogP contribution in [0.3, 0.4) is 0 Å². The first-order valence-corrected chi connectivity index (χ1v) is 9.64. The molecule has 1 fully saturated rings. The smallest absolute Gasteiger partial charge is 0.255 e. The van der Waals surface area contributed by atoms with E-state index in [1.54, 1.807) is 30.1 Å². The van der Waals surface area contributed by atoms with E-state index in [9.17, 15) is 4.79 Å². The zero-order valence-electron chi connectivity index (χ0n) is 16.1. The molecule has 3 aromatic heterocycles. The number of pyridine rings is 1. The van der Waals surface area contributed by atoms with Crippen molar-refractivity contribution in [3.05, 3.63) is 77.0 Å². The molecule has 4 aromatic rings. The van der Waals surface area contributed by atoms with Crippen molar-refractivity contribution in [1.29, 1.82) is 0 Å². The summed E-state index contributed by atoms with van der Waals surface area (Å²) in [5.41, 5.74) is 2.33. The third-order valence-corrected chi connectivity index (χ3v) is 5.33. The van der Waals surface area contributed by atoms with Gasteiger partial charge in [0.1, 0.15) is 11.3 Å². The molecule has 1 atom stereocenters. The van der Waals surface area contributed by atoms with Crippen LogP contribution >= 0.6 is 0 Å². The van der Waals surface area contributed by atoms with E-state index < -0.39 is 0 Å². The van der Waals surface area contributed by atoms with Gasteiger partial charge in [-0.3, -0.25) is 14.3 Å². The Hall–Kier alpha value is -3.45. The minimum Gasteiger partial charge on any atom is -0.459 e. The molecule has 1 N–H and O–H groups in total. The molecule has 1 saturated heterocycles. The minimum atomic E-state index is -0.0827. The van der Waals surface area contributed by atoms with Crippen LogP contribution in [0.4, 0.5) is 5.95 Å². The van der Waals surface area contributed by atoms with Crippen LogP contribution in [0.2, 0.25) is 0 Å². The summed E-state index contributed by atoms with van der Waals surface area (Å²) in [6, 6.07) is 15.4. The first kappa shape index (κ1) is 17.6. The molecule has 0 unspecified atom stereocenters. The van der Waals surface area contributed by atoms with E-state index in [0.29, 0.717) is 18.2 Å². The average molecular weight is 387 g/mol. The number of nitrogens with zero attached hydrogens (tertiary/aromatic N) is 4. The number of piperazine rings is 1. The van der Waals surface area contributed by atoms with Gasteiger partial charge in [-0.2, -0.15) is 0 Å². The number of aromatic nitrogens is 3. The fourth-order valence-corrected chi connectivity index (χ4v) is 3.78. The molecule has 0 spiro atoms. The molecule has 1 aliphatic rings. The van der Waals surface area contributed by atoms with Gasteiger partial charge < -0.3 is 14.6 Å². The maximum absolute atomic E-state index is 12.6. The molecular weight excluding hydrogens is 366 g/mol. The highest BCUT2D eigenvalue weighted by Gasteiger charge is 2.26. The normalized spacial score (nSPS) is 17.0. The molecule has 0 aliphatic carbocycles. The fourth-order valence-electron chi connectivity index (χ4n) is 3.78. The average Bonchev–Trinajstić information content (AvgIpc) is 3.21. The summed E-state index contributed by atoms with van der Waals surface area (Å²) in [5.74, 6) is 1.55. The van der Waals surface area contributed by atoms with Crippen LogP contribution in [-0.4, -0.2) is 34.2 Å². The van der Waals surface area contributed by atoms with E-state index >= 15 is 0 Å². The van der Waals surface area contributed by atoms with E-state index in [1.807, 2.05) is 36.4 Å². The van der Waals surface area contributed by atoms with Crippen molar-refractivity contribution >= 4 is 16.9 Å². The molecule has 5 rings (SSSR count). The maximum atomic E-state index is 12.6. The predicted molar refractivity (Wildman–Crippen MR) is 112 cm³/mol. The van der Waals surface area contributed by atoms with E-state index in [1.165, 1.54) is 0 Å². The molecule has 7 nitrogen and oxygen atoms in total. The van der Waals surface area contributed by atoms with Gasteiger partial charge in [-0.15, -0.1) is 0 Å². The number of nitrogens with one attached hydrogen (secondary N) is 1. The van der Waals surface area contributed by atoms with Crippen LogP contribution < -0.4 is 15.8 Å². The summed E-state index contributed by atoms with van der Waals surface area (Å²) in [6.45, 7) is 2.20. The monoisotopic (exact) mass is 387 g/mol. The number of para-hydroxylation sites is 1. The summed E-state index contributed by atoms with van der Waals surface area (Å²) >= 11 is 0. The largest absolute Gasteiger partial charge is 0.459 e. The first-order chi connectivity index (χ1) is 14.2. The minimum absolute atomic E-state index is 0.0256. The van der Waals surface area contributed by atoms with Gasteiger partial charge in [-0.05, 0) is 24.3 Å². The van der Waals surface area contributed by atoms with Gasteiger partial charge in [-0.1, -0.05) is 18.2 Å². The van der Waals surface area contributed by atoms with Crippen molar-refractivity contribution in [3.8, 4) is 11.3 Å². The van der Waals surface area contributed by atoms with Crippen LogP contribution in [0.1, 0.15) is 11.8 Å². The number of anilines is 1. The van der Waals surface area contributed by atoms with Crippen molar-refractivity contribution in [2.24, 2.45) is 7.05 Å². The number of benzene rings is 1. The van der Waals surface area contributed by atoms with Gasteiger partial charge in [0.2, 0.25) is 5.95 Å². The number of furan rings is 1. The molecule has 0 bridgehead atoms. The highest BCUT2D eigenvalue weighted by Crippen LogP contribution is 2.27. The lowest BCUT2D eigenvalue weighted by Crippen LogP contribution is -2.47. The van der Waals surface area contributed by atoms with Crippen LogP contribution in [0, 0.1) is 0 Å². The van der Waals surface area contributed by atoms with Gasteiger partial charge >= 0.3 is 0 Å². The Kier molecular flexibility index (Phi) is 4.37. The third kappa shape index (κ3) is 3.30. The lowest BCUT2D eigenvalue weighted by Gasteiger charge is -2.34. The Labute approximate surface area is 167 Å². The Morgan fingerprint density at radius 3 is 2.79 bits per heavy atom. The standard InChI is InChI=1S/C22H21N5O2/c1-26-21(28)13-17(15-6-8-23-9-7-15)25-22(26)27-11-10-24-18(14-27)20-12-16-4-2-3-5-19(16)29-20/h2-9,12-13,18,24H,10-11,14H2,1H3/t18-/m0/s1. The van der Waals surface area contributed by atoms with Crippen LogP contribution in [0.5, 0.6) is 0 Å². The predicted octanol–water partition coefficient (Wildman–Crippen LogP) is 2.74. The molecule has 0 radical (unpaired) electrons. The second kappa shape index (κ2) is 7.18. The van der Waals surface area contributed by atoms with Gasteiger partial charge in [0.25, 0.3) is 5.56 Å². The molecule has 1 aromatic carbocycles. The lowest BCUT2D eigenvalue weighted by molar-refractivity contribution is 0.395. The quantitative estimate of drug-likeness (QED) is 0.583. The summed E-state index contributed by atoms with van der Waals surface area (Å²) in [7, 11) is 1.76. The van der Waals surface area contributed by atoms with Crippen molar-refractivity contribution in [1.82, 2.24) is 19.9 Å². The molecular formula is C22H21N5O2. The van der Waals surface area contributed by atoms with Gasteiger partial charge in [-0.25, -0.2) is 4.98 Å². The molecule has 0 amide bonds. The maximum Gasteiger partial charge on any atom is 0.255 e. The number of hydrogen-bond donors (Lipinski definition) is 1. The van der Waals surface area contributed by atoms with Crippen molar-refractivity contribution in [2.75, 3.05) is 24.5 Å². The number of fused-ring (bicyclic) bond motifs is 1. The topological polar surface area (TPSA) is 76.2 Å². The van der Waals surface area contributed by atoms with Crippen molar-refractivity contribution in [2.45, 2.75) is 6.04 Å². The van der Waals surface area contributed by atoms with Crippen molar-refractivity contribution in [3.63, 3.8) is 0 Å². The third-order valence-electron chi connectivity index (χ3n) is 5.33. The van der Waals surface area contributed by atoms with E-state index in [4.69, 9.17) is 9.40 Å². The number of rotatable bonds is 3. The second-order valence-corrected chi connectivity index (χ2v) is 7.21. The van der Waals surface area contributed by atoms with E-state index in [-0.39, 0.29) is 11.6 Å². The van der Waals surface area contributed by atoms with Crippen molar-refractivity contribution < 1.29 is 4.42 Å². The summed E-state index contributed by atoms with van der Waals surface area (Å²) in [4.78, 5) is 23.6. The summed E-state index contributed by atoms with van der Waals surface area (Å²) < 4.78 is 7.66. The highest BCUT2D eigenvalue weighted by molar-refractivity contribution is 5.77. The second-order valence-electron chi connectivity index (χ2n) is 7.21. The zero-order chi connectivity index (χ0) is 19.8. The molecule has 0 saturated carbocycles. The van der Waals surface area contributed by atoms with Gasteiger partial charge in [0.15, 0.2) is 0 Å². The first-order valence-electron chi connectivity index (χ1n) is 9.64. The summed E-state index contributed by atoms with van der Waals surface area (Å²) in [5, 5.41) is 4.61. The Morgan fingerprint density at radius 2 is 1.97 bits per heavy atom. The van der Waals surface area contributed by atoms with Crippen LogP contribution in [-0.2, 0) is 7.05 Å². The van der Waals surface area contributed by atoms with E-state index in [0.717, 1.165) is 35.4 Å². The lowest BCUT2D eigenvalue weighted by atomic mass is 10.1. The summed E-state index contributed by atoms with van der Waals surface area (Å²) in [6.07, 6.45) is 3.41. The molecule has 146 valence electrons. The molecule has 4 heterocycles. The Bertz CT molecular complexity index is 1180. The van der Waals surface area contributed by atoms with Crippen LogP contribution in [0.15, 0.2) is 70.1 Å². The molecule has 29 heavy (non-hydrogen) atoms. The van der Waals surface area contributed by atoms with Crippen LogP contribution in [0.25, 0.3) is 22.2 Å². The molecule has 7 heteroatoms. The van der Waals surface area contributed by atoms with E-state index in [2.05, 4.69) is 21.3 Å². The van der Waals surface area contributed by atoms with Gasteiger partial charge in [0.05, 0.1) is 11.7 Å². The van der Waals surface area contributed by atoms with Gasteiger partial charge in [0, 0.05) is 56.1 Å². The Balaban J connectivity index is 1.49. The Morgan fingerprint density at radius 1 is 1.14 bits per heavy atom.